The highest BCUT2D eigenvalue weighted by Crippen LogP contribution is 2.30. The lowest BCUT2D eigenvalue weighted by atomic mass is 10.1. The number of amides is 2. The Balaban J connectivity index is 1.30. The van der Waals surface area contributed by atoms with Crippen molar-refractivity contribution >= 4 is 22.9 Å². The van der Waals surface area contributed by atoms with Gasteiger partial charge in [0.25, 0.3) is 0 Å². The van der Waals surface area contributed by atoms with Gasteiger partial charge in [0.15, 0.2) is 5.82 Å². The second-order valence-corrected chi connectivity index (χ2v) is 10.6. The van der Waals surface area contributed by atoms with E-state index in [1.165, 1.54) is 0 Å². The minimum Gasteiger partial charge on any atom is -0.378 e. The first-order valence-corrected chi connectivity index (χ1v) is 13.9. The molecule has 3 saturated heterocycles. The number of carbonyl (C=O) groups is 1. The fraction of sp³-hybridized carbons (Fsp3) is 0.593. The van der Waals surface area contributed by atoms with Gasteiger partial charge in [-0.25, -0.2) is 14.5 Å². The summed E-state index contributed by atoms with van der Waals surface area (Å²) in [5.41, 5.74) is 1.84. The van der Waals surface area contributed by atoms with Crippen LogP contribution in [-0.4, -0.2) is 119 Å². The van der Waals surface area contributed by atoms with Gasteiger partial charge in [0, 0.05) is 77.1 Å². The number of hydrogen-bond donors (Lipinski definition) is 0. The Hall–Kier alpha value is -3.35. The number of rotatable bonds is 5. The molecule has 1 atom stereocenters. The van der Waals surface area contributed by atoms with Crippen molar-refractivity contribution in [3.63, 3.8) is 0 Å². The van der Waals surface area contributed by atoms with E-state index in [1.807, 2.05) is 21.7 Å². The van der Waals surface area contributed by atoms with Crippen LogP contribution in [0.15, 0.2) is 24.4 Å². The summed E-state index contributed by atoms with van der Waals surface area (Å²) < 4.78 is 13.5. The molecule has 0 bridgehead atoms. The minimum atomic E-state index is -0.0325. The second kappa shape index (κ2) is 11.4. The number of fused-ring (bicyclic) bond motifs is 1. The molecule has 1 aromatic carbocycles. The SMILES string of the molecule is CN(C)C(=O)N1CCN(Cc2nc(-c3cccc4nn(C5CCCCO5)cc34)nc(N3CCOCC3)n2)CC1. The number of anilines is 1. The molecule has 3 fully saturated rings. The van der Waals surface area contributed by atoms with E-state index in [2.05, 4.69) is 22.1 Å². The lowest BCUT2D eigenvalue weighted by Gasteiger charge is -2.35. The maximum Gasteiger partial charge on any atom is 0.319 e. The quantitative estimate of drug-likeness (QED) is 0.486. The molecule has 0 saturated carbocycles. The Morgan fingerprint density at radius 3 is 2.56 bits per heavy atom. The van der Waals surface area contributed by atoms with Crippen LogP contribution in [0.25, 0.3) is 22.3 Å². The number of carbonyl (C=O) groups excluding carboxylic acids is 1. The summed E-state index contributed by atoms with van der Waals surface area (Å²) in [5.74, 6) is 2.06. The van der Waals surface area contributed by atoms with E-state index in [0.29, 0.717) is 44.6 Å². The van der Waals surface area contributed by atoms with Gasteiger partial charge in [-0.05, 0) is 25.3 Å². The van der Waals surface area contributed by atoms with Gasteiger partial charge in [-0.15, -0.1) is 0 Å². The van der Waals surface area contributed by atoms with E-state index in [-0.39, 0.29) is 12.3 Å². The first-order valence-electron chi connectivity index (χ1n) is 13.9. The van der Waals surface area contributed by atoms with Crippen molar-refractivity contribution in [2.45, 2.75) is 32.0 Å². The van der Waals surface area contributed by atoms with Crippen molar-refractivity contribution in [2.75, 3.05) is 78.1 Å². The molecule has 3 aliphatic rings. The second-order valence-electron chi connectivity index (χ2n) is 10.6. The summed E-state index contributed by atoms with van der Waals surface area (Å²) in [5, 5.41) is 5.84. The highest BCUT2D eigenvalue weighted by Gasteiger charge is 2.25. The molecule has 39 heavy (non-hydrogen) atoms. The number of ether oxygens (including phenoxy) is 2. The monoisotopic (exact) mass is 535 g/mol. The number of benzene rings is 1. The fourth-order valence-electron chi connectivity index (χ4n) is 5.42. The zero-order valence-corrected chi connectivity index (χ0v) is 22.8. The van der Waals surface area contributed by atoms with Crippen LogP contribution < -0.4 is 4.90 Å². The third kappa shape index (κ3) is 5.68. The molecule has 1 unspecified atom stereocenters. The average molecular weight is 536 g/mol. The highest BCUT2D eigenvalue weighted by molar-refractivity contribution is 5.92. The average Bonchev–Trinajstić information content (AvgIpc) is 3.43. The smallest absolute Gasteiger partial charge is 0.319 e. The lowest BCUT2D eigenvalue weighted by Crippen LogP contribution is -2.51. The van der Waals surface area contributed by atoms with Crippen molar-refractivity contribution in [2.24, 2.45) is 0 Å². The molecular weight excluding hydrogens is 498 g/mol. The van der Waals surface area contributed by atoms with Gasteiger partial charge in [-0.2, -0.15) is 15.1 Å². The summed E-state index contributed by atoms with van der Waals surface area (Å²) in [6.07, 6.45) is 5.25. The van der Waals surface area contributed by atoms with E-state index in [9.17, 15) is 4.79 Å². The molecule has 6 rings (SSSR count). The predicted octanol–water partition coefficient (Wildman–Crippen LogP) is 2.22. The first-order chi connectivity index (χ1) is 19.0. The summed E-state index contributed by atoms with van der Waals surface area (Å²) in [7, 11) is 3.58. The van der Waals surface area contributed by atoms with E-state index in [4.69, 9.17) is 29.5 Å². The van der Waals surface area contributed by atoms with Crippen molar-refractivity contribution in [1.29, 1.82) is 0 Å². The zero-order chi connectivity index (χ0) is 26.8. The molecule has 12 heteroatoms. The van der Waals surface area contributed by atoms with Crippen LogP contribution >= 0.6 is 0 Å². The maximum atomic E-state index is 12.4. The summed E-state index contributed by atoms with van der Waals surface area (Å²) in [6, 6.07) is 6.15. The molecule has 12 nitrogen and oxygen atoms in total. The number of hydrogen-bond acceptors (Lipinski definition) is 9. The van der Waals surface area contributed by atoms with Gasteiger partial charge >= 0.3 is 6.03 Å². The number of piperazine rings is 1. The Morgan fingerprint density at radius 2 is 1.82 bits per heavy atom. The standard InChI is InChI=1S/C27H37N9O3/c1-32(2)27(37)35-11-9-33(10-12-35)19-23-28-25(30-26(29-23)34-13-16-38-17-14-34)20-6-5-7-22-21(20)18-36(31-22)24-8-3-4-15-39-24/h5-7,18,24H,3-4,8-17,19H2,1-2H3. The van der Waals surface area contributed by atoms with Gasteiger partial charge in [-0.1, -0.05) is 12.1 Å². The van der Waals surface area contributed by atoms with Crippen molar-refractivity contribution in [3.8, 4) is 11.4 Å². The van der Waals surface area contributed by atoms with Crippen molar-refractivity contribution < 1.29 is 14.3 Å². The Labute approximate surface area is 228 Å². The van der Waals surface area contributed by atoms with Crippen molar-refractivity contribution in [3.05, 3.63) is 30.2 Å². The Kier molecular flexibility index (Phi) is 7.58. The van der Waals surface area contributed by atoms with Crippen LogP contribution in [0.4, 0.5) is 10.7 Å². The molecule has 0 radical (unpaired) electrons. The van der Waals surface area contributed by atoms with Crippen LogP contribution in [0.1, 0.15) is 31.3 Å². The van der Waals surface area contributed by atoms with Crippen LogP contribution in [0.2, 0.25) is 0 Å². The van der Waals surface area contributed by atoms with E-state index < -0.39 is 0 Å². The molecule has 0 N–H and O–H groups in total. The molecular formula is C27H37N9O3. The molecule has 0 aliphatic carbocycles. The largest absolute Gasteiger partial charge is 0.378 e. The molecule has 208 valence electrons. The summed E-state index contributed by atoms with van der Waals surface area (Å²) >= 11 is 0. The lowest BCUT2D eigenvalue weighted by molar-refractivity contribution is -0.0390. The van der Waals surface area contributed by atoms with Gasteiger partial charge in [-0.3, -0.25) is 4.90 Å². The minimum absolute atomic E-state index is 0.0325. The third-order valence-electron chi connectivity index (χ3n) is 7.61. The van der Waals surface area contributed by atoms with Crippen molar-refractivity contribution in [1.82, 2.24) is 39.4 Å². The molecule has 3 aliphatic heterocycles. The van der Waals surface area contributed by atoms with Gasteiger partial charge in [0.1, 0.15) is 12.1 Å². The molecule has 0 spiro atoms. The van der Waals surface area contributed by atoms with Crippen LogP contribution in [-0.2, 0) is 16.0 Å². The van der Waals surface area contributed by atoms with E-state index in [0.717, 1.165) is 74.3 Å². The number of urea groups is 1. The van der Waals surface area contributed by atoms with Crippen LogP contribution in [0, 0.1) is 0 Å². The molecule has 5 heterocycles. The fourth-order valence-corrected chi connectivity index (χ4v) is 5.42. The Bertz CT molecular complexity index is 1290. The van der Waals surface area contributed by atoms with Gasteiger partial charge in [0.2, 0.25) is 5.95 Å². The highest BCUT2D eigenvalue weighted by atomic mass is 16.5. The van der Waals surface area contributed by atoms with Crippen LogP contribution in [0.3, 0.4) is 0 Å². The molecule has 2 amide bonds. The van der Waals surface area contributed by atoms with Gasteiger partial charge < -0.3 is 24.2 Å². The number of aromatic nitrogens is 5. The third-order valence-corrected chi connectivity index (χ3v) is 7.61. The van der Waals surface area contributed by atoms with E-state index in [1.54, 1.807) is 19.0 Å². The maximum absolute atomic E-state index is 12.4. The normalized spacial score (nSPS) is 20.9. The zero-order valence-electron chi connectivity index (χ0n) is 22.8. The molecule has 3 aromatic rings. The van der Waals surface area contributed by atoms with Crippen LogP contribution in [0.5, 0.6) is 0 Å². The van der Waals surface area contributed by atoms with E-state index >= 15 is 0 Å². The number of nitrogens with zero attached hydrogens (tertiary/aromatic N) is 9. The predicted molar refractivity (Wildman–Crippen MR) is 146 cm³/mol. The first kappa shape index (κ1) is 25.9. The Morgan fingerprint density at radius 1 is 1.00 bits per heavy atom. The molecule has 2 aromatic heterocycles. The topological polar surface area (TPSA) is 105 Å². The summed E-state index contributed by atoms with van der Waals surface area (Å²) in [6.45, 7) is 7.09. The van der Waals surface area contributed by atoms with Gasteiger partial charge in [0.05, 0.1) is 25.3 Å². The summed E-state index contributed by atoms with van der Waals surface area (Å²) in [4.78, 5) is 35.2. The number of morpholine rings is 1.